The SMILES string of the molecule is CC(Cl)C(=O)Nc1nnc(CCCCc2ccc(NC(=O)Cc3cccc(OC(F)(F)F)c3)nc2)s1. The van der Waals surface area contributed by atoms with Crippen LogP contribution >= 0.6 is 22.9 Å². The number of hydrogen-bond acceptors (Lipinski definition) is 7. The van der Waals surface area contributed by atoms with Crippen molar-refractivity contribution in [2.75, 3.05) is 10.6 Å². The van der Waals surface area contributed by atoms with Crippen LogP contribution in [0.15, 0.2) is 42.6 Å². The number of benzene rings is 1. The van der Waals surface area contributed by atoms with Gasteiger partial charge in [-0.3, -0.25) is 14.9 Å². The van der Waals surface area contributed by atoms with E-state index in [-0.39, 0.29) is 18.1 Å². The zero-order valence-corrected chi connectivity index (χ0v) is 20.7. The van der Waals surface area contributed by atoms with E-state index in [9.17, 15) is 22.8 Å². The topological polar surface area (TPSA) is 106 Å². The van der Waals surface area contributed by atoms with Gasteiger partial charge in [0.1, 0.15) is 22.0 Å². The van der Waals surface area contributed by atoms with Crippen molar-refractivity contribution in [3.63, 3.8) is 0 Å². The molecule has 192 valence electrons. The summed E-state index contributed by atoms with van der Waals surface area (Å²) in [4.78, 5) is 28.1. The van der Waals surface area contributed by atoms with E-state index >= 15 is 0 Å². The molecule has 0 aliphatic heterocycles. The number of nitrogens with one attached hydrogen (secondary N) is 2. The predicted octanol–water partition coefficient (Wildman–Crippen LogP) is 5.14. The number of hydrogen-bond donors (Lipinski definition) is 2. The molecule has 2 aromatic heterocycles. The fourth-order valence-corrected chi connectivity index (χ4v) is 3.93. The third kappa shape index (κ3) is 9.42. The van der Waals surface area contributed by atoms with Gasteiger partial charge >= 0.3 is 6.36 Å². The molecule has 0 fully saturated rings. The number of pyridine rings is 1. The van der Waals surface area contributed by atoms with Crippen LogP contribution in [0.25, 0.3) is 0 Å². The molecule has 2 N–H and O–H groups in total. The van der Waals surface area contributed by atoms with E-state index in [1.807, 2.05) is 6.07 Å². The Bertz CT molecular complexity index is 1170. The molecule has 1 unspecified atom stereocenters. The Balaban J connectivity index is 1.40. The molecule has 13 heteroatoms. The summed E-state index contributed by atoms with van der Waals surface area (Å²) in [7, 11) is 0. The summed E-state index contributed by atoms with van der Waals surface area (Å²) in [5.41, 5.74) is 1.37. The van der Waals surface area contributed by atoms with Gasteiger partial charge in [-0.1, -0.05) is 29.5 Å². The maximum atomic E-state index is 12.4. The van der Waals surface area contributed by atoms with Crippen molar-refractivity contribution in [1.82, 2.24) is 15.2 Å². The molecule has 1 aromatic carbocycles. The molecule has 0 saturated heterocycles. The number of halogens is 4. The van der Waals surface area contributed by atoms with E-state index in [4.69, 9.17) is 11.6 Å². The van der Waals surface area contributed by atoms with Gasteiger partial charge < -0.3 is 10.1 Å². The average Bonchev–Trinajstić information content (AvgIpc) is 3.24. The standard InChI is InChI=1S/C23H23ClF3N5O3S/c1-14(24)21(34)30-22-32-31-20(36-22)8-3-2-5-15-9-10-18(28-13-15)29-19(33)12-16-6-4-7-17(11-16)35-23(25,26)27/h4,6-7,9-11,13-14H,2-3,5,8,12H2,1H3,(H,28,29,33)(H,30,32,34). The molecule has 0 bridgehead atoms. The van der Waals surface area contributed by atoms with E-state index in [1.54, 1.807) is 19.2 Å². The molecule has 8 nitrogen and oxygen atoms in total. The van der Waals surface area contributed by atoms with Crippen LogP contribution in [0.4, 0.5) is 24.1 Å². The molecule has 0 spiro atoms. The minimum Gasteiger partial charge on any atom is -0.406 e. The van der Waals surface area contributed by atoms with Crippen LogP contribution in [0.5, 0.6) is 5.75 Å². The number of ether oxygens (including phenoxy) is 1. The van der Waals surface area contributed by atoms with Gasteiger partial charge in [-0.2, -0.15) is 0 Å². The Hall–Kier alpha value is -3.25. The Morgan fingerprint density at radius 3 is 2.56 bits per heavy atom. The highest BCUT2D eigenvalue weighted by Gasteiger charge is 2.31. The van der Waals surface area contributed by atoms with Gasteiger partial charge in [0.2, 0.25) is 16.9 Å². The minimum atomic E-state index is -4.80. The van der Waals surface area contributed by atoms with E-state index in [0.717, 1.165) is 36.3 Å². The second-order valence-corrected chi connectivity index (χ2v) is 9.50. The molecule has 36 heavy (non-hydrogen) atoms. The van der Waals surface area contributed by atoms with Crippen LogP contribution in [-0.2, 0) is 28.9 Å². The Kier molecular flexibility index (Phi) is 9.59. The first-order chi connectivity index (χ1) is 17.1. The van der Waals surface area contributed by atoms with Gasteiger partial charge in [0.15, 0.2) is 0 Å². The molecule has 0 aliphatic carbocycles. The minimum absolute atomic E-state index is 0.125. The fraction of sp³-hybridized carbons (Fsp3) is 0.348. The first-order valence-corrected chi connectivity index (χ1v) is 12.2. The number of aromatic nitrogens is 3. The summed E-state index contributed by atoms with van der Waals surface area (Å²) in [6.45, 7) is 1.58. The van der Waals surface area contributed by atoms with Crippen LogP contribution in [-0.4, -0.2) is 38.7 Å². The van der Waals surface area contributed by atoms with Crippen LogP contribution in [0, 0.1) is 0 Å². The maximum Gasteiger partial charge on any atom is 0.573 e. The van der Waals surface area contributed by atoms with Gasteiger partial charge in [0, 0.05) is 12.6 Å². The van der Waals surface area contributed by atoms with Crippen molar-refractivity contribution >= 4 is 45.7 Å². The molecule has 3 rings (SSSR count). The number of aryl methyl sites for hydroxylation is 2. The fourth-order valence-electron chi connectivity index (χ4n) is 3.09. The largest absolute Gasteiger partial charge is 0.573 e. The number of nitrogens with zero attached hydrogens (tertiary/aromatic N) is 3. The Morgan fingerprint density at radius 1 is 1.08 bits per heavy atom. The quantitative estimate of drug-likeness (QED) is 0.257. The van der Waals surface area contributed by atoms with E-state index in [2.05, 4.69) is 30.6 Å². The number of amides is 2. The van der Waals surface area contributed by atoms with Gasteiger partial charge in [0.25, 0.3) is 0 Å². The zero-order chi connectivity index (χ0) is 26.1. The smallest absolute Gasteiger partial charge is 0.406 e. The summed E-state index contributed by atoms with van der Waals surface area (Å²) < 4.78 is 41.0. The lowest BCUT2D eigenvalue weighted by molar-refractivity contribution is -0.274. The van der Waals surface area contributed by atoms with Crippen molar-refractivity contribution in [3.8, 4) is 5.75 Å². The van der Waals surface area contributed by atoms with Crippen molar-refractivity contribution in [2.24, 2.45) is 0 Å². The van der Waals surface area contributed by atoms with Crippen molar-refractivity contribution in [2.45, 2.75) is 50.8 Å². The van der Waals surface area contributed by atoms with Gasteiger partial charge in [-0.05, 0) is 55.5 Å². The second-order valence-electron chi connectivity index (χ2n) is 7.79. The summed E-state index contributed by atoms with van der Waals surface area (Å²) >= 11 is 7.03. The molecule has 0 saturated carbocycles. The van der Waals surface area contributed by atoms with Crippen LogP contribution in [0.1, 0.15) is 35.9 Å². The van der Waals surface area contributed by atoms with E-state index in [1.165, 1.54) is 35.6 Å². The van der Waals surface area contributed by atoms with Crippen molar-refractivity contribution < 1.29 is 27.5 Å². The van der Waals surface area contributed by atoms with Crippen molar-refractivity contribution in [1.29, 1.82) is 0 Å². The number of anilines is 2. The van der Waals surface area contributed by atoms with Crippen molar-refractivity contribution in [3.05, 3.63) is 58.7 Å². The summed E-state index contributed by atoms with van der Waals surface area (Å²) in [6, 6.07) is 8.80. The lowest BCUT2D eigenvalue weighted by Gasteiger charge is -2.10. The van der Waals surface area contributed by atoms with Gasteiger partial charge in [-0.25, -0.2) is 4.98 Å². The Labute approximate surface area is 214 Å². The second kappa shape index (κ2) is 12.6. The highest BCUT2D eigenvalue weighted by molar-refractivity contribution is 7.15. The summed E-state index contributed by atoms with van der Waals surface area (Å²) in [5, 5.41) is 13.8. The molecule has 0 radical (unpaired) electrons. The third-order valence-corrected chi connectivity index (χ3v) is 5.85. The third-order valence-electron chi connectivity index (χ3n) is 4.75. The van der Waals surface area contributed by atoms with E-state index < -0.39 is 17.6 Å². The maximum absolute atomic E-state index is 12.4. The zero-order valence-electron chi connectivity index (χ0n) is 19.1. The highest BCUT2D eigenvalue weighted by Crippen LogP contribution is 2.24. The number of alkyl halides is 4. The summed E-state index contributed by atoms with van der Waals surface area (Å²) in [5.74, 6) is -0.764. The van der Waals surface area contributed by atoms with Crippen LogP contribution in [0.2, 0.25) is 0 Å². The molecule has 1 atom stereocenters. The molecular formula is C23H23ClF3N5O3S. The monoisotopic (exact) mass is 541 g/mol. The lowest BCUT2D eigenvalue weighted by Crippen LogP contribution is -2.20. The number of rotatable bonds is 11. The van der Waals surface area contributed by atoms with E-state index in [0.29, 0.717) is 16.5 Å². The molecule has 2 heterocycles. The first-order valence-electron chi connectivity index (χ1n) is 10.9. The first kappa shape index (κ1) is 27.3. The normalized spacial score (nSPS) is 12.1. The van der Waals surface area contributed by atoms with Gasteiger partial charge in [0.05, 0.1) is 6.42 Å². The number of carbonyl (C=O) groups is 2. The number of carbonyl (C=O) groups excluding carboxylic acids is 2. The van der Waals surface area contributed by atoms with Gasteiger partial charge in [-0.15, -0.1) is 35.0 Å². The van der Waals surface area contributed by atoms with Crippen LogP contribution in [0.3, 0.4) is 0 Å². The number of unbranched alkanes of at least 4 members (excludes halogenated alkanes) is 1. The summed E-state index contributed by atoms with van der Waals surface area (Å²) in [6.07, 6.45) is -0.00988. The molecule has 3 aromatic rings. The molecule has 0 aliphatic rings. The molecular weight excluding hydrogens is 519 g/mol. The Morgan fingerprint density at radius 2 is 1.86 bits per heavy atom. The van der Waals surface area contributed by atoms with Crippen LogP contribution < -0.4 is 15.4 Å². The predicted molar refractivity (Wildman–Crippen MR) is 130 cm³/mol. The highest BCUT2D eigenvalue weighted by atomic mass is 35.5. The molecule has 2 amide bonds. The lowest BCUT2D eigenvalue weighted by atomic mass is 10.1. The average molecular weight is 542 g/mol.